The number of nitrogens with zero attached hydrogens (tertiary/aromatic N) is 2. The summed E-state index contributed by atoms with van der Waals surface area (Å²) in [6, 6.07) is 8.96. The van der Waals surface area contributed by atoms with Gasteiger partial charge in [0.2, 0.25) is 21.8 Å². The van der Waals surface area contributed by atoms with Crippen LogP contribution in [0.3, 0.4) is 0 Å². The molecule has 3 rings (SSSR count). The van der Waals surface area contributed by atoms with Gasteiger partial charge in [-0.15, -0.1) is 0 Å². The maximum Gasteiger partial charge on any atom is 0.244 e. The van der Waals surface area contributed by atoms with Crippen LogP contribution >= 0.6 is 34.8 Å². The van der Waals surface area contributed by atoms with Gasteiger partial charge in [0.05, 0.1) is 11.9 Å². The van der Waals surface area contributed by atoms with Crippen LogP contribution in [0.5, 0.6) is 0 Å². The van der Waals surface area contributed by atoms with Crippen molar-refractivity contribution >= 4 is 62.3 Å². The lowest BCUT2D eigenvalue weighted by molar-refractivity contribution is -0.140. The Labute approximate surface area is 234 Å². The average molecular weight is 589 g/mol. The van der Waals surface area contributed by atoms with Gasteiger partial charge < -0.3 is 10.2 Å². The van der Waals surface area contributed by atoms with Crippen LogP contribution in [0.1, 0.15) is 50.2 Å². The lowest BCUT2D eigenvalue weighted by Crippen LogP contribution is -2.53. The normalized spacial score (nSPS) is 14.9. The molecule has 0 aliphatic heterocycles. The minimum absolute atomic E-state index is 0.0165. The Morgan fingerprint density at radius 3 is 2.24 bits per heavy atom. The minimum atomic E-state index is -3.84. The summed E-state index contributed by atoms with van der Waals surface area (Å²) in [6.45, 7) is 3.07. The SMILES string of the molecule is CCC(C(=O)NC1CCCC1)N(Cc1ccc(Cl)cc1Cl)C(=O)CN(c1ccc(Cl)cc1C)S(C)(=O)=O. The Balaban J connectivity index is 1.97. The van der Waals surface area contributed by atoms with E-state index in [1.54, 1.807) is 43.3 Å². The number of halogens is 3. The van der Waals surface area contributed by atoms with Gasteiger partial charge in [-0.25, -0.2) is 8.42 Å². The molecule has 7 nitrogen and oxygen atoms in total. The lowest BCUT2D eigenvalue weighted by atomic mass is 10.1. The topological polar surface area (TPSA) is 86.8 Å². The number of rotatable bonds is 10. The number of hydrogen-bond donors (Lipinski definition) is 1. The van der Waals surface area contributed by atoms with Crippen molar-refractivity contribution in [3.63, 3.8) is 0 Å². The molecule has 0 heterocycles. The predicted octanol–water partition coefficient (Wildman–Crippen LogP) is 5.59. The van der Waals surface area contributed by atoms with Gasteiger partial charge >= 0.3 is 0 Å². The first-order valence-electron chi connectivity index (χ1n) is 12.2. The monoisotopic (exact) mass is 587 g/mol. The Kier molecular flexibility index (Phi) is 10.1. The number of aryl methyl sites for hydroxylation is 1. The molecule has 0 radical (unpaired) electrons. The molecule has 2 amide bonds. The molecule has 1 fully saturated rings. The van der Waals surface area contributed by atoms with E-state index in [-0.39, 0.29) is 18.5 Å². The number of amides is 2. The molecule has 0 bridgehead atoms. The van der Waals surface area contributed by atoms with Crippen LogP contribution in [0.4, 0.5) is 5.69 Å². The average Bonchev–Trinajstić information content (AvgIpc) is 3.31. The number of sulfonamides is 1. The van der Waals surface area contributed by atoms with Crippen molar-refractivity contribution in [3.8, 4) is 0 Å². The zero-order valence-electron chi connectivity index (χ0n) is 21.1. The first kappa shape index (κ1) is 29.6. The molecule has 1 N–H and O–H groups in total. The van der Waals surface area contributed by atoms with Crippen LogP contribution in [0.15, 0.2) is 36.4 Å². The summed E-state index contributed by atoms with van der Waals surface area (Å²) in [4.78, 5) is 28.6. The van der Waals surface area contributed by atoms with E-state index >= 15 is 0 Å². The zero-order valence-corrected chi connectivity index (χ0v) is 24.2. The summed E-state index contributed by atoms with van der Waals surface area (Å²) in [6.07, 6.45) is 5.28. The third kappa shape index (κ3) is 7.76. The molecule has 1 atom stereocenters. The molecular weight excluding hydrogens is 557 g/mol. The second-order valence-electron chi connectivity index (χ2n) is 9.37. The first-order valence-corrected chi connectivity index (χ1v) is 15.2. The molecule has 11 heteroatoms. The van der Waals surface area contributed by atoms with Crippen LogP contribution in [0, 0.1) is 6.92 Å². The maximum absolute atomic E-state index is 13.8. The standard InChI is InChI=1S/C26H32Cl3N3O4S/c1-4-23(26(34)30-21-7-5-6-8-21)31(15-18-9-10-20(28)14-22(18)29)25(33)16-32(37(3,35)36)24-12-11-19(27)13-17(24)2/h9-14,21,23H,4-8,15-16H2,1-3H3,(H,30,34). The number of carbonyl (C=O) groups excluding carboxylic acids is 2. The highest BCUT2D eigenvalue weighted by Crippen LogP contribution is 2.28. The quantitative estimate of drug-likeness (QED) is 0.392. The molecule has 37 heavy (non-hydrogen) atoms. The highest BCUT2D eigenvalue weighted by atomic mass is 35.5. The molecule has 1 aliphatic carbocycles. The van der Waals surface area contributed by atoms with Gasteiger partial charge in [-0.2, -0.15) is 0 Å². The van der Waals surface area contributed by atoms with E-state index in [0.29, 0.717) is 38.3 Å². The third-order valence-corrected chi connectivity index (χ3v) is 8.50. The summed E-state index contributed by atoms with van der Waals surface area (Å²) in [7, 11) is -3.84. The van der Waals surface area contributed by atoms with Gasteiger partial charge in [-0.1, -0.05) is 60.6 Å². The highest BCUT2D eigenvalue weighted by Gasteiger charge is 2.33. The van der Waals surface area contributed by atoms with Crippen LogP contribution in [-0.4, -0.2) is 50.0 Å². The number of carbonyl (C=O) groups is 2. The fraction of sp³-hybridized carbons (Fsp3) is 0.462. The highest BCUT2D eigenvalue weighted by molar-refractivity contribution is 7.92. The fourth-order valence-corrected chi connectivity index (χ4v) is 6.22. The summed E-state index contributed by atoms with van der Waals surface area (Å²) < 4.78 is 26.6. The summed E-state index contributed by atoms with van der Waals surface area (Å²) in [5.74, 6) is -0.791. The van der Waals surface area contributed by atoms with Crippen LogP contribution in [0.2, 0.25) is 15.1 Å². The number of hydrogen-bond acceptors (Lipinski definition) is 4. The fourth-order valence-electron chi connectivity index (χ4n) is 4.61. The van der Waals surface area contributed by atoms with E-state index in [2.05, 4.69) is 5.32 Å². The molecule has 2 aromatic carbocycles. The molecular formula is C26H32Cl3N3O4S. The Bertz CT molecular complexity index is 1250. The van der Waals surface area contributed by atoms with Gasteiger partial charge in [0, 0.05) is 27.7 Å². The number of nitrogens with one attached hydrogen (secondary N) is 1. The molecule has 1 saturated carbocycles. The van der Waals surface area contributed by atoms with Gasteiger partial charge in [0.15, 0.2) is 0 Å². The van der Waals surface area contributed by atoms with Crippen LogP contribution < -0.4 is 9.62 Å². The lowest BCUT2D eigenvalue weighted by Gasteiger charge is -2.34. The van der Waals surface area contributed by atoms with Crippen molar-refractivity contribution in [2.24, 2.45) is 0 Å². The molecule has 1 unspecified atom stereocenters. The van der Waals surface area contributed by atoms with Gasteiger partial charge in [-0.3, -0.25) is 13.9 Å². The largest absolute Gasteiger partial charge is 0.352 e. The number of benzene rings is 2. The van der Waals surface area contributed by atoms with E-state index in [9.17, 15) is 18.0 Å². The van der Waals surface area contributed by atoms with Crippen LogP contribution in [0.25, 0.3) is 0 Å². The zero-order chi connectivity index (χ0) is 27.3. The minimum Gasteiger partial charge on any atom is -0.352 e. The van der Waals surface area contributed by atoms with E-state index in [1.165, 1.54) is 4.90 Å². The van der Waals surface area contributed by atoms with Crippen LogP contribution in [-0.2, 0) is 26.2 Å². The van der Waals surface area contributed by atoms with E-state index in [1.807, 2.05) is 6.92 Å². The van der Waals surface area contributed by atoms with Gasteiger partial charge in [0.25, 0.3) is 0 Å². The smallest absolute Gasteiger partial charge is 0.244 e. The second kappa shape index (κ2) is 12.7. The van der Waals surface area contributed by atoms with E-state index < -0.39 is 28.5 Å². The maximum atomic E-state index is 13.8. The van der Waals surface area contributed by atoms with E-state index in [4.69, 9.17) is 34.8 Å². The van der Waals surface area contributed by atoms with Crippen molar-refractivity contribution in [2.75, 3.05) is 17.1 Å². The van der Waals surface area contributed by atoms with Gasteiger partial charge in [0.1, 0.15) is 12.6 Å². The van der Waals surface area contributed by atoms with Crippen molar-refractivity contribution in [1.82, 2.24) is 10.2 Å². The van der Waals surface area contributed by atoms with E-state index in [0.717, 1.165) is 36.2 Å². The summed E-state index contributed by atoms with van der Waals surface area (Å²) in [5.41, 5.74) is 1.54. The predicted molar refractivity (Wildman–Crippen MR) is 150 cm³/mol. The Morgan fingerprint density at radius 2 is 1.68 bits per heavy atom. The second-order valence-corrected chi connectivity index (χ2v) is 12.6. The van der Waals surface area contributed by atoms with Crippen molar-refractivity contribution < 1.29 is 18.0 Å². The molecule has 0 aromatic heterocycles. The summed E-state index contributed by atoms with van der Waals surface area (Å²) in [5, 5.41) is 4.32. The molecule has 0 saturated heterocycles. The Morgan fingerprint density at radius 1 is 1.05 bits per heavy atom. The molecule has 1 aliphatic rings. The van der Waals surface area contributed by atoms with Gasteiger partial charge in [-0.05, 0) is 67.6 Å². The molecule has 202 valence electrons. The van der Waals surface area contributed by atoms with Crippen molar-refractivity contribution in [2.45, 2.75) is 64.6 Å². The Hall–Kier alpha value is -2.00. The first-order chi connectivity index (χ1) is 17.4. The third-order valence-electron chi connectivity index (χ3n) is 6.55. The molecule has 2 aromatic rings. The number of anilines is 1. The van der Waals surface area contributed by atoms with Crippen molar-refractivity contribution in [3.05, 3.63) is 62.6 Å². The summed E-state index contributed by atoms with van der Waals surface area (Å²) >= 11 is 18.5. The molecule has 0 spiro atoms. The van der Waals surface area contributed by atoms with Crippen molar-refractivity contribution in [1.29, 1.82) is 0 Å².